The van der Waals surface area contributed by atoms with Gasteiger partial charge in [-0.05, 0) is 37.2 Å². The van der Waals surface area contributed by atoms with Crippen molar-refractivity contribution in [3.63, 3.8) is 0 Å². The van der Waals surface area contributed by atoms with E-state index < -0.39 is 17.7 Å². The molecule has 1 fully saturated rings. The average molecular weight is 434 g/mol. The Hall–Kier alpha value is -3.29. The molecule has 1 saturated heterocycles. The molecule has 0 spiro atoms. The number of hydrogen-bond acceptors (Lipinski definition) is 6. The van der Waals surface area contributed by atoms with E-state index in [1.165, 1.54) is 0 Å². The van der Waals surface area contributed by atoms with Gasteiger partial charge >= 0.3 is 0 Å². The lowest BCUT2D eigenvalue weighted by Crippen LogP contribution is -2.37. The van der Waals surface area contributed by atoms with Crippen LogP contribution in [0.15, 0.2) is 77.9 Å². The lowest BCUT2D eigenvalue weighted by Gasteiger charge is -2.32. The van der Waals surface area contributed by atoms with Crippen molar-refractivity contribution in [2.24, 2.45) is 0 Å². The third-order valence-electron chi connectivity index (χ3n) is 5.45. The van der Waals surface area contributed by atoms with E-state index in [1.54, 1.807) is 59.0 Å². The number of aliphatic hydroxyl groups excluding tert-OH is 1. The summed E-state index contributed by atoms with van der Waals surface area (Å²) in [7, 11) is 3.90. The zero-order valence-electron chi connectivity index (χ0n) is 17.3. The van der Waals surface area contributed by atoms with Gasteiger partial charge in [0.1, 0.15) is 5.76 Å². The third kappa shape index (κ3) is 4.02. The normalized spacial score (nSPS) is 19.2. The molecule has 1 aromatic carbocycles. The van der Waals surface area contributed by atoms with Crippen LogP contribution in [-0.4, -0.2) is 52.2 Å². The van der Waals surface area contributed by atoms with Crippen molar-refractivity contribution in [3.05, 3.63) is 93.9 Å². The van der Waals surface area contributed by atoms with Gasteiger partial charge < -0.3 is 14.9 Å². The van der Waals surface area contributed by atoms with E-state index in [1.807, 2.05) is 48.6 Å². The van der Waals surface area contributed by atoms with Crippen LogP contribution in [0.1, 0.15) is 28.1 Å². The number of pyridine rings is 1. The first kappa shape index (κ1) is 21.0. The number of nitrogens with zero attached hydrogens (tertiary/aromatic N) is 3. The molecule has 1 aliphatic rings. The number of carbonyl (C=O) groups is 2. The Morgan fingerprint density at radius 3 is 2.52 bits per heavy atom. The summed E-state index contributed by atoms with van der Waals surface area (Å²) >= 11 is 1.61. The Balaban J connectivity index is 1.83. The zero-order valence-corrected chi connectivity index (χ0v) is 18.1. The van der Waals surface area contributed by atoms with Crippen molar-refractivity contribution in [1.29, 1.82) is 0 Å². The van der Waals surface area contributed by atoms with Gasteiger partial charge in [-0.25, -0.2) is 0 Å². The Morgan fingerprint density at radius 1 is 1.13 bits per heavy atom. The van der Waals surface area contributed by atoms with E-state index in [9.17, 15) is 14.7 Å². The Labute approximate surface area is 185 Å². The number of aliphatic hydroxyl groups is 1. The summed E-state index contributed by atoms with van der Waals surface area (Å²) in [5, 5.41) is 13.0. The van der Waals surface area contributed by atoms with E-state index in [4.69, 9.17) is 0 Å². The molecule has 1 aliphatic heterocycles. The van der Waals surface area contributed by atoms with Gasteiger partial charge in [-0.3, -0.25) is 14.6 Å². The van der Waals surface area contributed by atoms with Gasteiger partial charge in [-0.15, -0.1) is 11.3 Å². The van der Waals surface area contributed by atoms with Crippen LogP contribution in [0.5, 0.6) is 0 Å². The molecule has 2 atom stereocenters. The van der Waals surface area contributed by atoms with Crippen molar-refractivity contribution < 1.29 is 14.7 Å². The summed E-state index contributed by atoms with van der Waals surface area (Å²) < 4.78 is 0. The van der Waals surface area contributed by atoms with Gasteiger partial charge in [-0.1, -0.05) is 42.5 Å². The number of amides is 1. The minimum atomic E-state index is -0.712. The number of benzene rings is 1. The maximum absolute atomic E-state index is 13.2. The first-order valence-corrected chi connectivity index (χ1v) is 10.8. The van der Waals surface area contributed by atoms with Crippen molar-refractivity contribution in [2.75, 3.05) is 20.6 Å². The highest BCUT2D eigenvalue weighted by molar-refractivity contribution is 7.10. The fraction of sp³-hybridized carbons (Fsp3) is 0.208. The molecule has 4 rings (SSSR count). The molecule has 31 heavy (non-hydrogen) atoms. The second-order valence-corrected chi connectivity index (χ2v) is 8.58. The van der Waals surface area contributed by atoms with Crippen molar-refractivity contribution in [1.82, 2.24) is 14.8 Å². The molecule has 158 valence electrons. The second-order valence-electron chi connectivity index (χ2n) is 7.60. The van der Waals surface area contributed by atoms with Crippen LogP contribution in [0.4, 0.5) is 0 Å². The summed E-state index contributed by atoms with van der Waals surface area (Å²) in [6, 6.07) is 15.6. The van der Waals surface area contributed by atoms with Crippen molar-refractivity contribution in [2.45, 2.75) is 12.1 Å². The number of rotatable bonds is 6. The number of hydrogen-bond donors (Lipinski definition) is 1. The van der Waals surface area contributed by atoms with E-state index >= 15 is 0 Å². The predicted octanol–water partition coefficient (Wildman–Crippen LogP) is 3.87. The molecule has 6 nitrogen and oxygen atoms in total. The number of likely N-dealkylation sites (tertiary alicyclic amines) is 1. The number of ketones is 1. The van der Waals surface area contributed by atoms with Crippen LogP contribution in [0.2, 0.25) is 0 Å². The highest BCUT2D eigenvalue weighted by Gasteiger charge is 2.47. The van der Waals surface area contributed by atoms with Crippen LogP contribution in [0.3, 0.4) is 0 Å². The Morgan fingerprint density at radius 2 is 1.90 bits per heavy atom. The van der Waals surface area contributed by atoms with Gasteiger partial charge in [0, 0.05) is 29.4 Å². The lowest BCUT2D eigenvalue weighted by atomic mass is 9.96. The van der Waals surface area contributed by atoms with Crippen LogP contribution in [0.25, 0.3) is 5.76 Å². The molecule has 0 bridgehead atoms. The third-order valence-corrected chi connectivity index (χ3v) is 6.43. The fourth-order valence-electron chi connectivity index (χ4n) is 3.88. The fourth-order valence-corrected chi connectivity index (χ4v) is 4.79. The van der Waals surface area contributed by atoms with Gasteiger partial charge in [0.25, 0.3) is 11.7 Å². The van der Waals surface area contributed by atoms with Gasteiger partial charge in [0.15, 0.2) is 0 Å². The smallest absolute Gasteiger partial charge is 0.295 e. The topological polar surface area (TPSA) is 73.7 Å². The first-order valence-electron chi connectivity index (χ1n) is 9.92. The maximum Gasteiger partial charge on any atom is 0.295 e. The second kappa shape index (κ2) is 8.83. The number of thiophene rings is 1. The molecule has 7 heteroatoms. The minimum Gasteiger partial charge on any atom is -0.507 e. The predicted molar refractivity (Wildman–Crippen MR) is 120 cm³/mol. The summed E-state index contributed by atoms with van der Waals surface area (Å²) in [6.45, 7) is 0.309. The molecule has 3 heterocycles. The van der Waals surface area contributed by atoms with Gasteiger partial charge in [0.05, 0.1) is 17.7 Å². The van der Waals surface area contributed by atoms with Crippen LogP contribution in [0, 0.1) is 0 Å². The Bertz CT molecular complexity index is 1100. The number of likely N-dealkylation sites (N-methyl/N-ethyl adjacent to an activating group) is 1. The van der Waals surface area contributed by atoms with E-state index in [-0.39, 0.29) is 17.4 Å². The zero-order chi connectivity index (χ0) is 22.0. The average Bonchev–Trinajstić information content (AvgIpc) is 3.40. The molecule has 1 amide bonds. The SMILES string of the molecule is CN(C)[C@H](CN1C(=O)C(=O)/C(=C(/O)c2ccccc2)[C@H]1c1cccnc1)c1cccs1. The van der Waals surface area contributed by atoms with Crippen LogP contribution in [-0.2, 0) is 9.59 Å². The number of carbonyl (C=O) groups excluding carboxylic acids is 2. The van der Waals surface area contributed by atoms with Crippen LogP contribution >= 0.6 is 11.3 Å². The van der Waals surface area contributed by atoms with E-state index in [0.29, 0.717) is 17.7 Å². The number of aromatic nitrogens is 1. The molecule has 0 saturated carbocycles. The largest absolute Gasteiger partial charge is 0.507 e. The lowest BCUT2D eigenvalue weighted by molar-refractivity contribution is -0.140. The van der Waals surface area contributed by atoms with E-state index in [2.05, 4.69) is 4.98 Å². The van der Waals surface area contributed by atoms with Crippen molar-refractivity contribution in [3.8, 4) is 0 Å². The molecule has 0 radical (unpaired) electrons. The molecule has 0 unspecified atom stereocenters. The minimum absolute atomic E-state index is 0.0888. The molecule has 1 N–H and O–H groups in total. The van der Waals surface area contributed by atoms with Crippen LogP contribution < -0.4 is 0 Å². The summed E-state index contributed by atoms with van der Waals surface area (Å²) in [5.41, 5.74) is 1.27. The molecular formula is C24H23N3O3S. The standard InChI is InChI=1S/C24H23N3O3S/c1-26(2)18(19-11-7-13-31-19)15-27-21(17-10-6-12-25-14-17)20(23(29)24(27)30)22(28)16-8-4-3-5-9-16/h3-14,18,21,28H,15H2,1-2H3/b22-20+/t18-,21-/m1/s1. The molecular weight excluding hydrogens is 410 g/mol. The van der Waals surface area contributed by atoms with Crippen molar-refractivity contribution >= 4 is 28.8 Å². The highest BCUT2D eigenvalue weighted by Crippen LogP contribution is 2.40. The Kier molecular flexibility index (Phi) is 5.97. The molecule has 3 aromatic rings. The monoisotopic (exact) mass is 433 g/mol. The summed E-state index contributed by atoms with van der Waals surface area (Å²) in [6.07, 6.45) is 3.28. The number of Topliss-reactive ketones (excluding diaryl/α,β-unsaturated/α-hetero) is 1. The molecule has 2 aromatic heterocycles. The summed E-state index contributed by atoms with van der Waals surface area (Å²) in [4.78, 5) is 35.1. The maximum atomic E-state index is 13.2. The first-order chi connectivity index (χ1) is 15.0. The van der Waals surface area contributed by atoms with E-state index in [0.717, 1.165) is 4.88 Å². The highest BCUT2D eigenvalue weighted by atomic mass is 32.1. The van der Waals surface area contributed by atoms with Gasteiger partial charge in [-0.2, -0.15) is 0 Å². The molecule has 0 aliphatic carbocycles. The quantitative estimate of drug-likeness (QED) is 0.363. The summed E-state index contributed by atoms with van der Waals surface area (Å²) in [5.74, 6) is -1.47. The van der Waals surface area contributed by atoms with Gasteiger partial charge in [0.2, 0.25) is 0 Å².